The van der Waals surface area contributed by atoms with Gasteiger partial charge < -0.3 is 10.0 Å². The Kier molecular flexibility index (Phi) is 4.47. The minimum Gasteiger partial charge on any atom is -0.481 e. The Labute approximate surface area is 117 Å². The molecule has 1 aromatic carbocycles. The molecule has 1 aliphatic rings. The summed E-state index contributed by atoms with van der Waals surface area (Å²) in [7, 11) is 0. The lowest BCUT2D eigenvalue weighted by molar-refractivity contribution is -0.137. The van der Waals surface area contributed by atoms with Crippen LogP contribution in [0.15, 0.2) is 24.3 Å². The second-order valence-corrected chi connectivity index (χ2v) is 5.18. The summed E-state index contributed by atoms with van der Waals surface area (Å²) in [4.78, 5) is 24.1. The molecule has 1 aliphatic heterocycles. The number of hydrogen-bond acceptors (Lipinski definition) is 3. The summed E-state index contributed by atoms with van der Waals surface area (Å²) in [6.45, 7) is 0.719. The lowest BCUT2D eigenvalue weighted by Gasteiger charge is -2.16. The van der Waals surface area contributed by atoms with Gasteiger partial charge in [0.15, 0.2) is 0 Å². The first-order valence-electron chi connectivity index (χ1n) is 6.32. The minimum absolute atomic E-state index is 0.129. The summed E-state index contributed by atoms with van der Waals surface area (Å²) in [5, 5.41) is 8.63. The Morgan fingerprint density at radius 2 is 2.05 bits per heavy atom. The number of amides is 1. The van der Waals surface area contributed by atoms with Crippen LogP contribution in [0.2, 0.25) is 0 Å². The van der Waals surface area contributed by atoms with Crippen LogP contribution in [0.5, 0.6) is 0 Å². The number of carbonyl (C=O) groups excluding carboxylic acids is 1. The van der Waals surface area contributed by atoms with Gasteiger partial charge in [0, 0.05) is 25.1 Å². The quantitative estimate of drug-likeness (QED) is 0.810. The molecule has 19 heavy (non-hydrogen) atoms. The smallest absolute Gasteiger partial charge is 0.303 e. The topological polar surface area (TPSA) is 57.6 Å². The molecule has 0 radical (unpaired) electrons. The van der Waals surface area contributed by atoms with E-state index in [0.29, 0.717) is 18.8 Å². The van der Waals surface area contributed by atoms with Crippen LogP contribution in [0.4, 0.5) is 5.69 Å². The van der Waals surface area contributed by atoms with Gasteiger partial charge in [0.1, 0.15) is 0 Å². The lowest BCUT2D eigenvalue weighted by Crippen LogP contribution is -2.24. The first-order valence-corrected chi connectivity index (χ1v) is 6.95. The fourth-order valence-electron chi connectivity index (χ4n) is 2.25. The highest BCUT2D eigenvalue weighted by atomic mass is 32.1. The molecule has 0 saturated carbocycles. The number of benzene rings is 1. The van der Waals surface area contributed by atoms with E-state index >= 15 is 0 Å². The van der Waals surface area contributed by atoms with Crippen LogP contribution in [0.1, 0.15) is 18.4 Å². The van der Waals surface area contributed by atoms with Crippen LogP contribution in [-0.4, -0.2) is 29.3 Å². The molecule has 1 saturated heterocycles. The molecular weight excluding hydrogens is 262 g/mol. The molecule has 1 fully saturated rings. The van der Waals surface area contributed by atoms with E-state index in [1.165, 1.54) is 0 Å². The van der Waals surface area contributed by atoms with Crippen LogP contribution in [0, 0.1) is 5.92 Å². The van der Waals surface area contributed by atoms with Gasteiger partial charge in [-0.15, -0.1) is 0 Å². The van der Waals surface area contributed by atoms with E-state index in [1.807, 2.05) is 24.3 Å². The second kappa shape index (κ2) is 6.10. The number of carboxylic acids is 1. The monoisotopic (exact) mass is 279 g/mol. The Balaban J connectivity index is 2.02. The van der Waals surface area contributed by atoms with Crippen molar-refractivity contribution in [2.75, 3.05) is 17.2 Å². The second-order valence-electron chi connectivity index (χ2n) is 4.82. The van der Waals surface area contributed by atoms with Gasteiger partial charge in [-0.1, -0.05) is 12.1 Å². The predicted octanol–water partition coefficient (Wildman–Crippen LogP) is 1.99. The summed E-state index contributed by atoms with van der Waals surface area (Å²) in [6.07, 6.45) is 1.21. The van der Waals surface area contributed by atoms with Gasteiger partial charge in [-0.3, -0.25) is 9.59 Å². The number of carbonyl (C=O) groups is 2. The zero-order valence-corrected chi connectivity index (χ0v) is 11.5. The Morgan fingerprint density at radius 3 is 2.58 bits per heavy atom. The highest BCUT2D eigenvalue weighted by molar-refractivity contribution is 7.80. The van der Waals surface area contributed by atoms with Crippen molar-refractivity contribution in [3.8, 4) is 0 Å². The third-order valence-corrected chi connectivity index (χ3v) is 3.86. The molecule has 1 unspecified atom stereocenters. The summed E-state index contributed by atoms with van der Waals surface area (Å²) >= 11 is 4.24. The van der Waals surface area contributed by atoms with Crippen molar-refractivity contribution in [1.29, 1.82) is 0 Å². The van der Waals surface area contributed by atoms with Crippen molar-refractivity contribution < 1.29 is 14.7 Å². The first-order chi connectivity index (χ1) is 9.10. The van der Waals surface area contributed by atoms with Crippen molar-refractivity contribution in [3.05, 3.63) is 29.8 Å². The number of thiol groups is 1. The standard InChI is InChI=1S/C14H17NO3S/c16-13-7-11(9-19)8-15(13)12-4-1-10(2-5-12)3-6-14(17)18/h1-2,4-5,11,19H,3,6-9H2,(H,17,18). The first kappa shape index (κ1) is 13.9. The Morgan fingerprint density at radius 1 is 1.37 bits per heavy atom. The van der Waals surface area contributed by atoms with E-state index in [-0.39, 0.29) is 12.3 Å². The zero-order chi connectivity index (χ0) is 13.8. The number of anilines is 1. The zero-order valence-electron chi connectivity index (χ0n) is 10.6. The molecule has 1 heterocycles. The van der Waals surface area contributed by atoms with Crippen LogP contribution in [0.3, 0.4) is 0 Å². The molecule has 1 aromatic rings. The fourth-order valence-corrected chi connectivity index (χ4v) is 2.49. The van der Waals surface area contributed by atoms with Gasteiger partial charge in [0.2, 0.25) is 5.91 Å². The SMILES string of the molecule is O=C(O)CCc1ccc(N2CC(CS)CC2=O)cc1. The van der Waals surface area contributed by atoms with Crippen LogP contribution < -0.4 is 4.90 Å². The van der Waals surface area contributed by atoms with E-state index in [1.54, 1.807) is 4.90 Å². The molecule has 1 atom stereocenters. The van der Waals surface area contributed by atoms with Crippen molar-refractivity contribution in [2.24, 2.45) is 5.92 Å². The van der Waals surface area contributed by atoms with Gasteiger partial charge in [-0.05, 0) is 35.8 Å². The molecule has 0 aliphatic carbocycles. The number of aliphatic carboxylic acids is 1. The molecule has 1 N–H and O–H groups in total. The normalized spacial score (nSPS) is 18.9. The fraction of sp³-hybridized carbons (Fsp3) is 0.429. The van der Waals surface area contributed by atoms with Crippen molar-refractivity contribution >= 4 is 30.2 Å². The number of aryl methyl sites for hydroxylation is 1. The number of hydrogen-bond donors (Lipinski definition) is 2. The lowest BCUT2D eigenvalue weighted by atomic mass is 10.1. The maximum atomic E-state index is 11.9. The predicted molar refractivity (Wildman–Crippen MR) is 76.7 cm³/mol. The summed E-state index contributed by atoms with van der Waals surface area (Å²) in [5.41, 5.74) is 1.86. The van der Waals surface area contributed by atoms with Crippen molar-refractivity contribution in [1.82, 2.24) is 0 Å². The molecule has 0 bridgehead atoms. The summed E-state index contributed by atoms with van der Waals surface area (Å²) in [5.74, 6) is 0.383. The molecule has 102 valence electrons. The molecule has 2 rings (SSSR count). The van der Waals surface area contributed by atoms with E-state index in [2.05, 4.69) is 12.6 Å². The largest absolute Gasteiger partial charge is 0.481 e. The van der Waals surface area contributed by atoms with Gasteiger partial charge in [0.25, 0.3) is 0 Å². The van der Waals surface area contributed by atoms with E-state index < -0.39 is 5.97 Å². The van der Waals surface area contributed by atoms with Gasteiger partial charge in [-0.25, -0.2) is 0 Å². The Bertz CT molecular complexity index is 472. The minimum atomic E-state index is -0.796. The number of nitrogens with zero attached hydrogens (tertiary/aromatic N) is 1. The summed E-state index contributed by atoms with van der Waals surface area (Å²) < 4.78 is 0. The van der Waals surface area contributed by atoms with Crippen LogP contribution in [-0.2, 0) is 16.0 Å². The molecule has 5 heteroatoms. The van der Waals surface area contributed by atoms with E-state index in [0.717, 1.165) is 23.5 Å². The average Bonchev–Trinajstić information content (AvgIpc) is 2.78. The van der Waals surface area contributed by atoms with Gasteiger partial charge in [-0.2, -0.15) is 12.6 Å². The van der Waals surface area contributed by atoms with Gasteiger partial charge in [0.05, 0.1) is 0 Å². The van der Waals surface area contributed by atoms with Gasteiger partial charge >= 0.3 is 5.97 Å². The summed E-state index contributed by atoms with van der Waals surface area (Å²) in [6, 6.07) is 7.55. The third-order valence-electron chi connectivity index (χ3n) is 3.34. The maximum absolute atomic E-state index is 11.9. The molecule has 4 nitrogen and oxygen atoms in total. The highest BCUT2D eigenvalue weighted by Crippen LogP contribution is 2.26. The third kappa shape index (κ3) is 3.50. The average molecular weight is 279 g/mol. The number of rotatable bonds is 5. The van der Waals surface area contributed by atoms with Crippen LogP contribution in [0.25, 0.3) is 0 Å². The van der Waals surface area contributed by atoms with Crippen molar-refractivity contribution in [2.45, 2.75) is 19.3 Å². The molecule has 0 spiro atoms. The van der Waals surface area contributed by atoms with Crippen molar-refractivity contribution in [3.63, 3.8) is 0 Å². The van der Waals surface area contributed by atoms with E-state index in [4.69, 9.17) is 5.11 Å². The highest BCUT2D eigenvalue weighted by Gasteiger charge is 2.29. The maximum Gasteiger partial charge on any atom is 0.303 e. The number of carboxylic acid groups (broad SMARTS) is 1. The molecule has 0 aromatic heterocycles. The molecular formula is C14H17NO3S. The Hall–Kier alpha value is -1.49. The molecule has 1 amide bonds. The van der Waals surface area contributed by atoms with Crippen LogP contribution >= 0.6 is 12.6 Å². The van der Waals surface area contributed by atoms with E-state index in [9.17, 15) is 9.59 Å².